The second-order valence-corrected chi connectivity index (χ2v) is 8.29. The molecule has 0 saturated carbocycles. The number of methoxy groups -OCH3 is 1. The molecule has 1 amide bonds. The van der Waals surface area contributed by atoms with Gasteiger partial charge in [-0.1, -0.05) is 37.0 Å². The summed E-state index contributed by atoms with van der Waals surface area (Å²) in [5.41, 5.74) is 0.519. The number of nitrogens with one attached hydrogen (secondary N) is 1. The molecular weight excluding hydrogens is 411 g/mol. The van der Waals surface area contributed by atoms with Crippen LogP contribution in [0.5, 0.6) is 5.75 Å². The van der Waals surface area contributed by atoms with Crippen molar-refractivity contribution in [3.63, 3.8) is 0 Å². The first-order valence-electron chi connectivity index (χ1n) is 8.19. The molecule has 0 atom stereocenters. The van der Waals surface area contributed by atoms with E-state index in [9.17, 15) is 13.2 Å². The summed E-state index contributed by atoms with van der Waals surface area (Å²) in [6, 6.07) is 8.79. The van der Waals surface area contributed by atoms with E-state index in [0.717, 1.165) is 0 Å². The SMILES string of the molecule is CCN(CC)S(=O)(=O)c1ccc(OC)c(NC(=O)c2ccc(Cl)c(Cl)c2)c1. The summed E-state index contributed by atoms with van der Waals surface area (Å²) in [5.74, 6) is -0.133. The minimum atomic E-state index is -3.67. The Kier molecular flexibility index (Phi) is 7.11. The highest BCUT2D eigenvalue weighted by Crippen LogP contribution is 2.30. The lowest BCUT2D eigenvalue weighted by atomic mass is 10.2. The van der Waals surface area contributed by atoms with Crippen molar-refractivity contribution < 1.29 is 17.9 Å². The van der Waals surface area contributed by atoms with E-state index in [-0.39, 0.29) is 21.2 Å². The first kappa shape index (κ1) is 21.5. The molecule has 146 valence electrons. The number of carbonyl (C=O) groups excluding carboxylic acids is 1. The van der Waals surface area contributed by atoms with Crippen molar-refractivity contribution in [2.75, 3.05) is 25.5 Å². The van der Waals surface area contributed by atoms with Gasteiger partial charge in [-0.05, 0) is 36.4 Å². The zero-order chi connectivity index (χ0) is 20.2. The molecule has 27 heavy (non-hydrogen) atoms. The number of benzene rings is 2. The van der Waals surface area contributed by atoms with Gasteiger partial charge in [0.1, 0.15) is 5.75 Å². The van der Waals surface area contributed by atoms with Crippen LogP contribution in [0.15, 0.2) is 41.3 Å². The van der Waals surface area contributed by atoms with E-state index in [2.05, 4.69) is 5.32 Å². The third-order valence-electron chi connectivity index (χ3n) is 3.94. The van der Waals surface area contributed by atoms with Gasteiger partial charge in [-0.2, -0.15) is 4.31 Å². The van der Waals surface area contributed by atoms with Gasteiger partial charge in [-0.3, -0.25) is 4.79 Å². The Bertz CT molecular complexity index is 944. The van der Waals surface area contributed by atoms with Gasteiger partial charge in [-0.15, -0.1) is 0 Å². The van der Waals surface area contributed by atoms with E-state index in [1.807, 2.05) is 0 Å². The summed E-state index contributed by atoms with van der Waals surface area (Å²) >= 11 is 11.8. The Balaban J connectivity index is 2.40. The smallest absolute Gasteiger partial charge is 0.255 e. The molecule has 0 saturated heterocycles. The Morgan fingerprint density at radius 2 is 1.74 bits per heavy atom. The Labute approximate surface area is 169 Å². The summed E-state index contributed by atoms with van der Waals surface area (Å²) in [4.78, 5) is 12.6. The molecule has 0 fully saturated rings. The third-order valence-corrected chi connectivity index (χ3v) is 6.73. The van der Waals surface area contributed by atoms with Gasteiger partial charge < -0.3 is 10.1 Å². The first-order chi connectivity index (χ1) is 12.7. The number of halogens is 2. The third kappa shape index (κ3) is 4.73. The van der Waals surface area contributed by atoms with Crippen molar-refractivity contribution in [1.82, 2.24) is 4.31 Å². The van der Waals surface area contributed by atoms with Crippen molar-refractivity contribution in [1.29, 1.82) is 0 Å². The van der Waals surface area contributed by atoms with Crippen LogP contribution in [0.3, 0.4) is 0 Å². The maximum Gasteiger partial charge on any atom is 0.255 e. The van der Waals surface area contributed by atoms with Gasteiger partial charge in [0.05, 0.1) is 27.7 Å². The van der Waals surface area contributed by atoms with E-state index in [1.54, 1.807) is 13.8 Å². The molecule has 2 rings (SSSR count). The van der Waals surface area contributed by atoms with Crippen LogP contribution >= 0.6 is 23.2 Å². The second kappa shape index (κ2) is 8.93. The zero-order valence-corrected chi connectivity index (χ0v) is 17.5. The Morgan fingerprint density at radius 3 is 2.30 bits per heavy atom. The van der Waals surface area contributed by atoms with Crippen LogP contribution in [0.1, 0.15) is 24.2 Å². The predicted molar refractivity (Wildman–Crippen MR) is 108 cm³/mol. The molecular formula is C18H20Cl2N2O4S. The van der Waals surface area contributed by atoms with Gasteiger partial charge in [0.15, 0.2) is 0 Å². The first-order valence-corrected chi connectivity index (χ1v) is 10.4. The molecule has 2 aromatic carbocycles. The average molecular weight is 431 g/mol. The average Bonchev–Trinajstić information content (AvgIpc) is 2.64. The number of ether oxygens (including phenoxy) is 1. The fraction of sp³-hybridized carbons (Fsp3) is 0.278. The molecule has 0 heterocycles. The van der Waals surface area contributed by atoms with Crippen LogP contribution in [-0.2, 0) is 10.0 Å². The molecule has 1 N–H and O–H groups in total. The molecule has 0 bridgehead atoms. The van der Waals surface area contributed by atoms with Crippen LogP contribution in [0.4, 0.5) is 5.69 Å². The van der Waals surface area contributed by atoms with Gasteiger partial charge in [0, 0.05) is 18.7 Å². The van der Waals surface area contributed by atoms with Gasteiger partial charge >= 0.3 is 0 Å². The lowest BCUT2D eigenvalue weighted by Crippen LogP contribution is -2.30. The molecule has 9 heteroatoms. The molecule has 6 nitrogen and oxygen atoms in total. The molecule has 0 spiro atoms. The van der Waals surface area contributed by atoms with E-state index < -0.39 is 15.9 Å². The molecule has 0 unspecified atom stereocenters. The highest BCUT2D eigenvalue weighted by Gasteiger charge is 2.23. The quantitative estimate of drug-likeness (QED) is 0.710. The van der Waals surface area contributed by atoms with Crippen LogP contribution in [0, 0.1) is 0 Å². The van der Waals surface area contributed by atoms with E-state index >= 15 is 0 Å². The van der Waals surface area contributed by atoms with Crippen LogP contribution < -0.4 is 10.1 Å². The number of anilines is 1. The topological polar surface area (TPSA) is 75.7 Å². The number of hydrogen-bond acceptors (Lipinski definition) is 4. The number of nitrogens with zero attached hydrogens (tertiary/aromatic N) is 1. The largest absolute Gasteiger partial charge is 0.495 e. The van der Waals surface area contributed by atoms with Gasteiger partial charge in [-0.25, -0.2) is 8.42 Å². The molecule has 0 aliphatic carbocycles. The number of hydrogen-bond donors (Lipinski definition) is 1. The Hall–Kier alpha value is -1.80. The lowest BCUT2D eigenvalue weighted by Gasteiger charge is -2.19. The highest BCUT2D eigenvalue weighted by molar-refractivity contribution is 7.89. The van der Waals surface area contributed by atoms with Crippen LogP contribution in [0.2, 0.25) is 10.0 Å². The van der Waals surface area contributed by atoms with Crippen molar-refractivity contribution in [3.8, 4) is 5.75 Å². The predicted octanol–water partition coefficient (Wildman–Crippen LogP) is 4.28. The van der Waals surface area contributed by atoms with Crippen molar-refractivity contribution in [2.45, 2.75) is 18.7 Å². The number of carbonyl (C=O) groups is 1. The maximum absolute atomic E-state index is 12.7. The molecule has 0 aromatic heterocycles. The summed E-state index contributed by atoms with van der Waals surface area (Å²) in [5, 5.41) is 3.24. The van der Waals surface area contributed by atoms with Gasteiger partial charge in [0.2, 0.25) is 10.0 Å². The van der Waals surface area contributed by atoms with Gasteiger partial charge in [0.25, 0.3) is 5.91 Å². The summed E-state index contributed by atoms with van der Waals surface area (Å²) in [7, 11) is -2.24. The molecule has 0 radical (unpaired) electrons. The minimum Gasteiger partial charge on any atom is -0.495 e. The molecule has 0 aliphatic heterocycles. The van der Waals surface area contributed by atoms with Crippen molar-refractivity contribution in [3.05, 3.63) is 52.0 Å². The fourth-order valence-electron chi connectivity index (χ4n) is 2.49. The summed E-state index contributed by atoms with van der Waals surface area (Å²) in [6.45, 7) is 4.21. The standard InChI is InChI=1S/C18H20Cl2N2O4S/c1-4-22(5-2)27(24,25)13-7-9-17(26-3)16(11-13)21-18(23)12-6-8-14(19)15(20)10-12/h6-11H,4-5H2,1-3H3,(H,21,23). The van der Waals surface area contributed by atoms with E-state index in [1.165, 1.54) is 47.8 Å². The number of sulfonamides is 1. The number of rotatable bonds is 7. The summed E-state index contributed by atoms with van der Waals surface area (Å²) in [6.07, 6.45) is 0. The van der Waals surface area contributed by atoms with Crippen molar-refractivity contribution >= 4 is 44.8 Å². The maximum atomic E-state index is 12.7. The second-order valence-electron chi connectivity index (χ2n) is 5.53. The summed E-state index contributed by atoms with van der Waals surface area (Å²) < 4.78 is 32.0. The van der Waals surface area contributed by atoms with E-state index in [4.69, 9.17) is 27.9 Å². The molecule has 0 aliphatic rings. The highest BCUT2D eigenvalue weighted by atomic mass is 35.5. The fourth-order valence-corrected chi connectivity index (χ4v) is 4.27. The minimum absolute atomic E-state index is 0.0661. The monoisotopic (exact) mass is 430 g/mol. The normalized spacial score (nSPS) is 11.5. The van der Waals surface area contributed by atoms with Crippen molar-refractivity contribution in [2.24, 2.45) is 0 Å². The number of amides is 1. The van der Waals surface area contributed by atoms with E-state index in [0.29, 0.717) is 23.9 Å². The lowest BCUT2D eigenvalue weighted by molar-refractivity contribution is 0.102. The molecule has 2 aromatic rings. The van der Waals surface area contributed by atoms with Crippen LogP contribution in [0.25, 0.3) is 0 Å². The van der Waals surface area contributed by atoms with Crippen LogP contribution in [-0.4, -0.2) is 38.8 Å². The zero-order valence-electron chi connectivity index (χ0n) is 15.1. The Morgan fingerprint density at radius 1 is 1.07 bits per heavy atom.